The molecule has 1 aromatic rings. The summed E-state index contributed by atoms with van der Waals surface area (Å²) >= 11 is 3.31. The van der Waals surface area contributed by atoms with E-state index in [9.17, 15) is 8.78 Å². The minimum Gasteiger partial charge on any atom is -0.353 e. The van der Waals surface area contributed by atoms with Gasteiger partial charge in [-0.2, -0.15) is 0 Å². The van der Waals surface area contributed by atoms with Gasteiger partial charge in [-0.1, -0.05) is 29.3 Å². The van der Waals surface area contributed by atoms with Gasteiger partial charge in [-0.05, 0) is 6.42 Å². The highest BCUT2D eigenvalue weighted by atomic mass is 79.9. The van der Waals surface area contributed by atoms with Gasteiger partial charge in [0.2, 0.25) is 0 Å². The Labute approximate surface area is 103 Å². The van der Waals surface area contributed by atoms with Crippen LogP contribution in [0.5, 0.6) is 0 Å². The van der Waals surface area contributed by atoms with Crippen LogP contribution in [0.2, 0.25) is 0 Å². The van der Waals surface area contributed by atoms with Gasteiger partial charge in [0, 0.05) is 24.5 Å². The lowest BCUT2D eigenvalue weighted by molar-refractivity contribution is 0.565. The first kappa shape index (κ1) is 13.4. The molecule has 0 atom stereocenters. The second kappa shape index (κ2) is 6.78. The van der Waals surface area contributed by atoms with Crippen LogP contribution in [0.25, 0.3) is 0 Å². The van der Waals surface area contributed by atoms with Crippen molar-refractivity contribution in [1.82, 2.24) is 4.98 Å². The van der Waals surface area contributed by atoms with Crippen molar-refractivity contribution in [2.75, 3.05) is 23.3 Å². The van der Waals surface area contributed by atoms with E-state index >= 15 is 0 Å². The maximum Gasteiger partial charge on any atom is 0.168 e. The molecule has 0 amide bonds. The quantitative estimate of drug-likeness (QED) is 0.748. The third kappa shape index (κ3) is 3.70. The van der Waals surface area contributed by atoms with Crippen molar-refractivity contribution in [3.05, 3.63) is 23.9 Å². The molecule has 0 radical (unpaired) electrons. The number of nitrogens with zero attached hydrogens (tertiary/aromatic N) is 2. The van der Waals surface area contributed by atoms with Gasteiger partial charge in [-0.15, -0.1) is 0 Å². The van der Waals surface area contributed by atoms with Crippen LogP contribution in [0.1, 0.15) is 19.8 Å². The molecule has 1 rings (SSSR count). The van der Waals surface area contributed by atoms with Gasteiger partial charge < -0.3 is 4.90 Å². The van der Waals surface area contributed by atoms with Gasteiger partial charge >= 0.3 is 0 Å². The lowest BCUT2D eigenvalue weighted by Crippen LogP contribution is -2.28. The Morgan fingerprint density at radius 2 is 2.12 bits per heavy atom. The van der Waals surface area contributed by atoms with Crippen molar-refractivity contribution in [1.29, 1.82) is 0 Å². The molecule has 90 valence electrons. The van der Waals surface area contributed by atoms with Crippen LogP contribution in [0.15, 0.2) is 12.3 Å². The minimum absolute atomic E-state index is 0.231. The summed E-state index contributed by atoms with van der Waals surface area (Å²) in [4.78, 5) is 5.63. The smallest absolute Gasteiger partial charge is 0.168 e. The van der Waals surface area contributed by atoms with Crippen molar-refractivity contribution in [2.24, 2.45) is 0 Å². The van der Waals surface area contributed by atoms with Crippen LogP contribution in [-0.2, 0) is 0 Å². The zero-order valence-electron chi connectivity index (χ0n) is 9.22. The van der Waals surface area contributed by atoms with Crippen LogP contribution in [0.3, 0.4) is 0 Å². The SMILES string of the molecule is CCCCN(CCBr)c1ncc(F)cc1F. The number of aromatic nitrogens is 1. The molecule has 2 nitrogen and oxygen atoms in total. The summed E-state index contributed by atoms with van der Waals surface area (Å²) in [5, 5.41) is 0.731. The van der Waals surface area contributed by atoms with Gasteiger partial charge in [0.05, 0.1) is 6.20 Å². The molecular formula is C11H15BrF2N2. The second-order valence-electron chi connectivity index (χ2n) is 3.49. The molecule has 0 N–H and O–H groups in total. The number of pyridine rings is 1. The van der Waals surface area contributed by atoms with Crippen LogP contribution in [0.4, 0.5) is 14.6 Å². The molecule has 0 unspecified atom stereocenters. The maximum atomic E-state index is 13.5. The number of alkyl halides is 1. The fraction of sp³-hybridized carbons (Fsp3) is 0.545. The van der Waals surface area contributed by atoms with Crippen LogP contribution >= 0.6 is 15.9 Å². The number of rotatable bonds is 6. The zero-order valence-corrected chi connectivity index (χ0v) is 10.8. The summed E-state index contributed by atoms with van der Waals surface area (Å²) in [6.45, 7) is 3.47. The molecule has 0 aromatic carbocycles. The Morgan fingerprint density at radius 1 is 1.38 bits per heavy atom. The Morgan fingerprint density at radius 3 is 2.69 bits per heavy atom. The molecule has 0 saturated carbocycles. The normalized spacial score (nSPS) is 10.5. The van der Waals surface area contributed by atoms with E-state index in [0.717, 1.165) is 37.0 Å². The molecule has 0 fully saturated rings. The Hall–Kier alpha value is -0.710. The summed E-state index contributed by atoms with van der Waals surface area (Å²) in [7, 11) is 0. The predicted molar refractivity (Wildman–Crippen MR) is 65.1 cm³/mol. The Balaban J connectivity index is 2.82. The topological polar surface area (TPSA) is 16.1 Å². The lowest BCUT2D eigenvalue weighted by Gasteiger charge is -2.22. The first-order chi connectivity index (χ1) is 7.69. The van der Waals surface area contributed by atoms with E-state index in [2.05, 4.69) is 27.8 Å². The van der Waals surface area contributed by atoms with E-state index in [-0.39, 0.29) is 5.82 Å². The summed E-state index contributed by atoms with van der Waals surface area (Å²) in [5.74, 6) is -1.01. The third-order valence-electron chi connectivity index (χ3n) is 2.22. The minimum atomic E-state index is -0.643. The standard InChI is InChI=1S/C11H15BrF2N2/c1-2-3-5-16(6-4-12)11-10(14)7-9(13)8-15-11/h7-8H,2-6H2,1H3. The summed E-state index contributed by atoms with van der Waals surface area (Å²) in [6.07, 6.45) is 3.04. The largest absolute Gasteiger partial charge is 0.353 e. The molecule has 0 saturated heterocycles. The fourth-order valence-electron chi connectivity index (χ4n) is 1.41. The molecule has 0 aliphatic carbocycles. The number of unbranched alkanes of at least 4 members (excludes halogenated alkanes) is 1. The van der Waals surface area contributed by atoms with Gasteiger partial charge in [-0.3, -0.25) is 0 Å². The van der Waals surface area contributed by atoms with Crippen LogP contribution < -0.4 is 4.90 Å². The Kier molecular flexibility index (Phi) is 5.66. The van der Waals surface area contributed by atoms with Crippen LogP contribution in [-0.4, -0.2) is 23.4 Å². The van der Waals surface area contributed by atoms with Gasteiger partial charge in [0.15, 0.2) is 11.6 Å². The van der Waals surface area contributed by atoms with Crippen molar-refractivity contribution in [3.8, 4) is 0 Å². The second-order valence-corrected chi connectivity index (χ2v) is 4.28. The van der Waals surface area contributed by atoms with Gasteiger partial charge in [0.1, 0.15) is 5.82 Å². The summed E-state index contributed by atoms with van der Waals surface area (Å²) < 4.78 is 26.2. The van der Waals surface area contributed by atoms with Crippen molar-refractivity contribution in [3.63, 3.8) is 0 Å². The van der Waals surface area contributed by atoms with Gasteiger partial charge in [0.25, 0.3) is 0 Å². The number of hydrogen-bond donors (Lipinski definition) is 0. The average Bonchev–Trinajstić information content (AvgIpc) is 2.25. The van der Waals surface area contributed by atoms with Crippen molar-refractivity contribution >= 4 is 21.7 Å². The first-order valence-corrected chi connectivity index (χ1v) is 6.43. The van der Waals surface area contributed by atoms with E-state index in [1.54, 1.807) is 0 Å². The van der Waals surface area contributed by atoms with E-state index < -0.39 is 11.6 Å². The average molecular weight is 293 g/mol. The van der Waals surface area contributed by atoms with Crippen molar-refractivity contribution in [2.45, 2.75) is 19.8 Å². The van der Waals surface area contributed by atoms with Gasteiger partial charge in [-0.25, -0.2) is 13.8 Å². The zero-order chi connectivity index (χ0) is 12.0. The summed E-state index contributed by atoms with van der Waals surface area (Å²) in [5.41, 5.74) is 0. The highest BCUT2D eigenvalue weighted by Crippen LogP contribution is 2.17. The first-order valence-electron chi connectivity index (χ1n) is 5.31. The lowest BCUT2D eigenvalue weighted by atomic mass is 10.3. The van der Waals surface area contributed by atoms with E-state index in [1.165, 1.54) is 0 Å². The van der Waals surface area contributed by atoms with E-state index in [1.807, 2.05) is 4.90 Å². The van der Waals surface area contributed by atoms with E-state index in [4.69, 9.17) is 0 Å². The Bertz CT molecular complexity index is 334. The molecule has 0 bridgehead atoms. The molecule has 1 heterocycles. The van der Waals surface area contributed by atoms with E-state index in [0.29, 0.717) is 6.54 Å². The molecule has 5 heteroatoms. The fourth-order valence-corrected chi connectivity index (χ4v) is 1.84. The number of halogens is 3. The molecular weight excluding hydrogens is 278 g/mol. The third-order valence-corrected chi connectivity index (χ3v) is 2.58. The molecule has 1 aromatic heterocycles. The number of anilines is 1. The van der Waals surface area contributed by atoms with Crippen LogP contribution in [0, 0.1) is 11.6 Å². The number of hydrogen-bond acceptors (Lipinski definition) is 2. The maximum absolute atomic E-state index is 13.5. The molecule has 0 spiro atoms. The highest BCUT2D eigenvalue weighted by molar-refractivity contribution is 9.09. The summed E-state index contributed by atoms with van der Waals surface area (Å²) in [6, 6.07) is 0.871. The molecule has 0 aliphatic heterocycles. The predicted octanol–water partition coefficient (Wildman–Crippen LogP) is 3.36. The molecule has 0 aliphatic rings. The monoisotopic (exact) mass is 292 g/mol. The van der Waals surface area contributed by atoms with Crippen molar-refractivity contribution < 1.29 is 8.78 Å². The highest BCUT2D eigenvalue weighted by Gasteiger charge is 2.12. The molecule has 16 heavy (non-hydrogen) atoms.